The van der Waals surface area contributed by atoms with E-state index >= 15 is 0 Å². The summed E-state index contributed by atoms with van der Waals surface area (Å²) in [7, 11) is 0. The van der Waals surface area contributed by atoms with Gasteiger partial charge < -0.3 is 5.32 Å². The van der Waals surface area contributed by atoms with Crippen molar-refractivity contribution < 1.29 is 4.79 Å². The minimum Gasteiger partial charge on any atom is -0.308 e. The van der Waals surface area contributed by atoms with Crippen molar-refractivity contribution in [2.75, 3.05) is 0 Å². The van der Waals surface area contributed by atoms with Gasteiger partial charge in [0, 0.05) is 10.4 Å². The number of nitrogens with one attached hydrogen (secondary N) is 1. The number of aliphatic imine (C=N–C) groups is 1. The molecule has 0 unspecified atom stereocenters. The average molecular weight is 293 g/mol. The minimum absolute atomic E-state index is 0.128. The number of amidine groups is 1. The van der Waals surface area contributed by atoms with Gasteiger partial charge in [0.25, 0.3) is 5.91 Å². The van der Waals surface area contributed by atoms with Crippen LogP contribution in [0.5, 0.6) is 0 Å². The summed E-state index contributed by atoms with van der Waals surface area (Å²) in [6, 6.07) is 7.75. The average Bonchev–Trinajstić information content (AvgIpc) is 2.64. The molecule has 0 spiro atoms. The number of hydrogen-bond acceptors (Lipinski definition) is 2. The van der Waals surface area contributed by atoms with Gasteiger partial charge in [0.2, 0.25) is 0 Å². The lowest BCUT2D eigenvalue weighted by Crippen LogP contribution is -2.27. The normalized spacial score (nSPS) is 17.5. The standard InChI is InChI=1S/C13H13BrN2O/c1-8(2)12-15-11(13(17)16-12)7-9-3-5-10(14)6-4-9/h3-8H,1-2H3,(H,15,16,17)/b11-7+. The second-order valence-corrected chi connectivity index (χ2v) is 5.10. The van der Waals surface area contributed by atoms with Crippen molar-refractivity contribution in [2.24, 2.45) is 10.9 Å². The van der Waals surface area contributed by atoms with E-state index in [1.165, 1.54) is 0 Å². The van der Waals surface area contributed by atoms with Crippen LogP contribution >= 0.6 is 15.9 Å². The highest BCUT2D eigenvalue weighted by Crippen LogP contribution is 2.16. The van der Waals surface area contributed by atoms with Crippen LogP contribution < -0.4 is 5.32 Å². The van der Waals surface area contributed by atoms with Crippen LogP contribution in [0.2, 0.25) is 0 Å². The van der Waals surface area contributed by atoms with Crippen molar-refractivity contribution in [3.63, 3.8) is 0 Å². The third-order valence-corrected chi connectivity index (χ3v) is 2.96. The molecule has 3 nitrogen and oxygen atoms in total. The van der Waals surface area contributed by atoms with Gasteiger partial charge in [-0.25, -0.2) is 4.99 Å². The van der Waals surface area contributed by atoms with Crippen LogP contribution in [0.3, 0.4) is 0 Å². The Kier molecular flexibility index (Phi) is 3.43. The molecule has 0 bridgehead atoms. The first-order chi connectivity index (χ1) is 8.06. The first kappa shape index (κ1) is 12.0. The van der Waals surface area contributed by atoms with Crippen molar-refractivity contribution in [2.45, 2.75) is 13.8 Å². The van der Waals surface area contributed by atoms with E-state index in [1.54, 1.807) is 6.08 Å². The molecule has 1 aliphatic heterocycles. The van der Waals surface area contributed by atoms with E-state index in [2.05, 4.69) is 26.2 Å². The maximum atomic E-state index is 11.7. The zero-order valence-electron chi connectivity index (χ0n) is 9.70. The zero-order chi connectivity index (χ0) is 12.4. The number of halogens is 1. The summed E-state index contributed by atoms with van der Waals surface area (Å²) >= 11 is 3.37. The molecule has 0 aromatic heterocycles. The van der Waals surface area contributed by atoms with E-state index in [9.17, 15) is 4.79 Å². The SMILES string of the molecule is CC(C)C1=N/C(=C/c2ccc(Br)cc2)C(=O)N1. The molecule has 17 heavy (non-hydrogen) atoms. The number of benzene rings is 1. The molecule has 0 aliphatic carbocycles. The predicted octanol–water partition coefficient (Wildman–Crippen LogP) is 2.97. The second kappa shape index (κ2) is 4.84. The number of hydrogen-bond donors (Lipinski definition) is 1. The highest BCUT2D eigenvalue weighted by atomic mass is 79.9. The molecule has 0 saturated heterocycles. The molecule has 1 N–H and O–H groups in total. The molecular formula is C13H13BrN2O. The van der Waals surface area contributed by atoms with Gasteiger partial charge in [0.15, 0.2) is 0 Å². The van der Waals surface area contributed by atoms with Gasteiger partial charge in [-0.3, -0.25) is 4.79 Å². The predicted molar refractivity (Wildman–Crippen MR) is 72.5 cm³/mol. The highest BCUT2D eigenvalue weighted by Gasteiger charge is 2.21. The van der Waals surface area contributed by atoms with Gasteiger partial charge >= 0.3 is 0 Å². The number of amides is 1. The summed E-state index contributed by atoms with van der Waals surface area (Å²) in [6.45, 7) is 4.00. The van der Waals surface area contributed by atoms with Crippen molar-refractivity contribution in [1.82, 2.24) is 5.32 Å². The minimum atomic E-state index is -0.128. The molecule has 2 rings (SSSR count). The van der Waals surface area contributed by atoms with Crippen molar-refractivity contribution in [3.05, 3.63) is 40.0 Å². The van der Waals surface area contributed by atoms with Crippen LogP contribution in [-0.2, 0) is 4.79 Å². The lowest BCUT2D eigenvalue weighted by molar-refractivity contribution is -0.115. The first-order valence-electron chi connectivity index (χ1n) is 5.43. The monoisotopic (exact) mass is 292 g/mol. The number of carbonyl (C=O) groups excluding carboxylic acids is 1. The van der Waals surface area contributed by atoms with Gasteiger partial charge in [0.1, 0.15) is 11.5 Å². The molecule has 4 heteroatoms. The Balaban J connectivity index is 2.28. The van der Waals surface area contributed by atoms with Crippen LogP contribution in [-0.4, -0.2) is 11.7 Å². The van der Waals surface area contributed by atoms with E-state index in [0.717, 1.165) is 15.9 Å². The molecular weight excluding hydrogens is 280 g/mol. The van der Waals surface area contributed by atoms with Gasteiger partial charge in [-0.05, 0) is 23.8 Å². The number of nitrogens with zero attached hydrogens (tertiary/aromatic N) is 1. The topological polar surface area (TPSA) is 41.5 Å². The Morgan fingerprint density at radius 2 is 1.94 bits per heavy atom. The molecule has 1 aromatic carbocycles. The summed E-state index contributed by atoms with van der Waals surface area (Å²) in [5.74, 6) is 0.838. The summed E-state index contributed by atoms with van der Waals surface area (Å²) in [5.41, 5.74) is 1.43. The molecule has 1 aliphatic rings. The Hall–Kier alpha value is -1.42. The maximum absolute atomic E-state index is 11.7. The summed E-state index contributed by atoms with van der Waals surface area (Å²) in [5, 5.41) is 2.77. The zero-order valence-corrected chi connectivity index (χ0v) is 11.3. The lowest BCUT2D eigenvalue weighted by atomic mass is 10.2. The molecule has 1 aromatic rings. The Bertz CT molecular complexity index is 501. The summed E-state index contributed by atoms with van der Waals surface area (Å²) in [6.07, 6.45) is 1.79. The van der Waals surface area contributed by atoms with Gasteiger partial charge in [-0.2, -0.15) is 0 Å². The van der Waals surface area contributed by atoms with Crippen LogP contribution in [0, 0.1) is 5.92 Å². The fraction of sp³-hybridized carbons (Fsp3) is 0.231. The Morgan fingerprint density at radius 1 is 1.29 bits per heavy atom. The van der Waals surface area contributed by atoms with Crippen LogP contribution in [0.4, 0.5) is 0 Å². The van der Waals surface area contributed by atoms with E-state index in [0.29, 0.717) is 5.70 Å². The highest BCUT2D eigenvalue weighted by molar-refractivity contribution is 9.10. The Morgan fingerprint density at radius 3 is 2.47 bits per heavy atom. The Labute approximate surface area is 109 Å². The van der Waals surface area contributed by atoms with Crippen molar-refractivity contribution in [1.29, 1.82) is 0 Å². The van der Waals surface area contributed by atoms with Crippen LogP contribution in [0.15, 0.2) is 39.4 Å². The largest absolute Gasteiger partial charge is 0.308 e. The van der Waals surface area contributed by atoms with Gasteiger partial charge in [0.05, 0.1) is 0 Å². The molecule has 0 radical (unpaired) electrons. The van der Waals surface area contributed by atoms with E-state index in [4.69, 9.17) is 0 Å². The molecule has 0 fully saturated rings. The third kappa shape index (κ3) is 2.82. The first-order valence-corrected chi connectivity index (χ1v) is 6.23. The third-order valence-electron chi connectivity index (χ3n) is 2.44. The molecule has 88 valence electrons. The molecule has 0 atom stereocenters. The fourth-order valence-electron chi connectivity index (χ4n) is 1.48. The lowest BCUT2D eigenvalue weighted by Gasteiger charge is -2.01. The van der Waals surface area contributed by atoms with Crippen molar-refractivity contribution in [3.8, 4) is 0 Å². The molecule has 1 amide bonds. The second-order valence-electron chi connectivity index (χ2n) is 4.19. The van der Waals surface area contributed by atoms with Gasteiger partial charge in [-0.1, -0.05) is 41.9 Å². The summed E-state index contributed by atoms with van der Waals surface area (Å²) in [4.78, 5) is 15.9. The summed E-state index contributed by atoms with van der Waals surface area (Å²) < 4.78 is 1.02. The maximum Gasteiger partial charge on any atom is 0.275 e. The number of carbonyl (C=O) groups is 1. The molecule has 0 saturated carbocycles. The fourth-order valence-corrected chi connectivity index (χ4v) is 1.74. The quantitative estimate of drug-likeness (QED) is 0.837. The van der Waals surface area contributed by atoms with E-state index < -0.39 is 0 Å². The van der Waals surface area contributed by atoms with E-state index in [1.807, 2.05) is 38.1 Å². The van der Waals surface area contributed by atoms with Crippen LogP contribution in [0.25, 0.3) is 6.08 Å². The van der Waals surface area contributed by atoms with E-state index in [-0.39, 0.29) is 11.8 Å². The smallest absolute Gasteiger partial charge is 0.275 e. The van der Waals surface area contributed by atoms with Crippen LogP contribution in [0.1, 0.15) is 19.4 Å². The van der Waals surface area contributed by atoms with Crippen molar-refractivity contribution >= 4 is 33.7 Å². The number of rotatable bonds is 2. The van der Waals surface area contributed by atoms with Gasteiger partial charge in [-0.15, -0.1) is 0 Å². The molecule has 1 heterocycles.